The normalized spacial score (nSPS) is 11.9. The predicted octanol–water partition coefficient (Wildman–Crippen LogP) is 4.91. The van der Waals surface area contributed by atoms with Crippen molar-refractivity contribution in [3.63, 3.8) is 0 Å². The predicted molar refractivity (Wildman–Crippen MR) is 122 cm³/mol. The van der Waals surface area contributed by atoms with Crippen LogP contribution in [0.15, 0.2) is 54.6 Å². The molecule has 0 aliphatic carbocycles. The van der Waals surface area contributed by atoms with Gasteiger partial charge in [-0.25, -0.2) is 0 Å². The first-order valence-corrected chi connectivity index (χ1v) is 11.4. The van der Waals surface area contributed by atoms with E-state index in [-0.39, 0.29) is 17.9 Å². The van der Waals surface area contributed by atoms with E-state index in [0.717, 1.165) is 11.3 Å². The highest BCUT2D eigenvalue weighted by Gasteiger charge is 2.26. The summed E-state index contributed by atoms with van der Waals surface area (Å²) in [6, 6.07) is 17.1. The van der Waals surface area contributed by atoms with Crippen LogP contribution in [0.2, 0.25) is 5.02 Å². The number of carbonyl (C=O) groups excluding carboxylic acids is 2. The molecule has 0 saturated carbocycles. The summed E-state index contributed by atoms with van der Waals surface area (Å²) in [6.45, 7) is 5.99. The van der Waals surface area contributed by atoms with E-state index in [4.69, 9.17) is 11.6 Å². The maximum absolute atomic E-state index is 13.0. The molecule has 1 atom stereocenters. The zero-order valence-corrected chi connectivity index (χ0v) is 18.8. The Morgan fingerprint density at radius 1 is 1.00 bits per heavy atom. The van der Waals surface area contributed by atoms with Gasteiger partial charge >= 0.3 is 0 Å². The lowest BCUT2D eigenvalue weighted by Gasteiger charge is -2.29. The van der Waals surface area contributed by atoms with Crippen LogP contribution >= 0.6 is 23.4 Å². The standard InChI is InChI=1S/C23H29ClN2O2S/c1-17(2)25-23(28)18(3)26(15-19-9-11-21(24)12-10-19)22(27)13-14-29-16-20-7-5-4-6-8-20/h4-12,17-18H,13-16H2,1-3H3,(H,25,28)/t18-/m1/s1. The number of thioether (sulfide) groups is 1. The van der Waals surface area contributed by atoms with Crippen LogP contribution in [0.25, 0.3) is 0 Å². The Morgan fingerprint density at radius 2 is 1.66 bits per heavy atom. The van der Waals surface area contributed by atoms with Gasteiger partial charge in [0.25, 0.3) is 0 Å². The lowest BCUT2D eigenvalue weighted by Crippen LogP contribution is -2.49. The van der Waals surface area contributed by atoms with Crippen LogP contribution in [0.1, 0.15) is 38.3 Å². The summed E-state index contributed by atoms with van der Waals surface area (Å²) < 4.78 is 0. The minimum Gasteiger partial charge on any atom is -0.352 e. The van der Waals surface area contributed by atoms with Gasteiger partial charge in [0.15, 0.2) is 0 Å². The van der Waals surface area contributed by atoms with Crippen molar-refractivity contribution < 1.29 is 9.59 Å². The largest absolute Gasteiger partial charge is 0.352 e. The number of hydrogen-bond donors (Lipinski definition) is 1. The molecule has 0 heterocycles. The Kier molecular flexibility index (Phi) is 9.55. The number of amides is 2. The van der Waals surface area contributed by atoms with Crippen LogP contribution in [0, 0.1) is 0 Å². The summed E-state index contributed by atoms with van der Waals surface area (Å²) in [5.74, 6) is 1.42. The van der Waals surface area contributed by atoms with E-state index in [9.17, 15) is 9.59 Å². The molecular weight excluding hydrogens is 404 g/mol. The highest BCUT2D eigenvalue weighted by atomic mass is 35.5. The SMILES string of the molecule is CC(C)NC(=O)[C@@H](C)N(Cc1ccc(Cl)cc1)C(=O)CCSCc1ccccc1. The second-order valence-electron chi connectivity index (χ2n) is 7.28. The fourth-order valence-corrected chi connectivity index (χ4v) is 3.86. The molecule has 6 heteroatoms. The first kappa shape index (κ1) is 23.3. The second kappa shape index (κ2) is 11.9. The first-order chi connectivity index (χ1) is 13.9. The third-order valence-electron chi connectivity index (χ3n) is 4.44. The summed E-state index contributed by atoms with van der Waals surface area (Å²) in [5.41, 5.74) is 2.19. The molecule has 2 rings (SSSR count). The number of hydrogen-bond acceptors (Lipinski definition) is 3. The van der Waals surface area contributed by atoms with Gasteiger partial charge in [0.1, 0.15) is 6.04 Å². The molecule has 4 nitrogen and oxygen atoms in total. The van der Waals surface area contributed by atoms with Crippen molar-refractivity contribution in [3.8, 4) is 0 Å². The summed E-state index contributed by atoms with van der Waals surface area (Å²) >= 11 is 7.69. The molecule has 29 heavy (non-hydrogen) atoms. The maximum Gasteiger partial charge on any atom is 0.242 e. The van der Waals surface area contributed by atoms with Crippen molar-refractivity contribution in [3.05, 3.63) is 70.7 Å². The van der Waals surface area contributed by atoms with Crippen LogP contribution in [-0.2, 0) is 21.9 Å². The van der Waals surface area contributed by atoms with Crippen LogP contribution in [0.3, 0.4) is 0 Å². The van der Waals surface area contributed by atoms with Gasteiger partial charge in [0.05, 0.1) is 0 Å². The van der Waals surface area contributed by atoms with Gasteiger partial charge in [-0.1, -0.05) is 54.1 Å². The number of rotatable bonds is 10. The van der Waals surface area contributed by atoms with Gasteiger partial charge in [-0.15, -0.1) is 0 Å². The average molecular weight is 433 g/mol. The van der Waals surface area contributed by atoms with Gasteiger partial charge in [0, 0.05) is 35.5 Å². The fraction of sp³-hybridized carbons (Fsp3) is 0.391. The third kappa shape index (κ3) is 8.11. The molecule has 0 radical (unpaired) electrons. The molecule has 0 fully saturated rings. The van der Waals surface area contributed by atoms with E-state index in [2.05, 4.69) is 17.4 Å². The zero-order chi connectivity index (χ0) is 21.2. The fourth-order valence-electron chi connectivity index (χ4n) is 2.84. The maximum atomic E-state index is 13.0. The average Bonchev–Trinajstić information content (AvgIpc) is 2.70. The lowest BCUT2D eigenvalue weighted by atomic mass is 10.1. The molecule has 156 valence electrons. The van der Waals surface area contributed by atoms with E-state index in [0.29, 0.717) is 23.7 Å². The van der Waals surface area contributed by atoms with E-state index < -0.39 is 6.04 Å². The summed E-state index contributed by atoms with van der Waals surface area (Å²) in [7, 11) is 0. The van der Waals surface area contributed by atoms with E-state index in [1.54, 1.807) is 35.7 Å². The van der Waals surface area contributed by atoms with Crippen LogP contribution < -0.4 is 5.32 Å². The van der Waals surface area contributed by atoms with Crippen molar-refractivity contribution in [1.82, 2.24) is 10.2 Å². The van der Waals surface area contributed by atoms with Gasteiger partial charge in [-0.3, -0.25) is 9.59 Å². The highest BCUT2D eigenvalue weighted by Crippen LogP contribution is 2.17. The van der Waals surface area contributed by atoms with Gasteiger partial charge in [0.2, 0.25) is 11.8 Å². The van der Waals surface area contributed by atoms with E-state index in [1.807, 2.05) is 44.2 Å². The Morgan fingerprint density at radius 3 is 2.28 bits per heavy atom. The molecule has 0 unspecified atom stereocenters. The topological polar surface area (TPSA) is 49.4 Å². The van der Waals surface area contributed by atoms with Crippen LogP contribution in [-0.4, -0.2) is 34.6 Å². The summed E-state index contributed by atoms with van der Waals surface area (Å²) in [6.07, 6.45) is 0.393. The van der Waals surface area contributed by atoms with Crippen molar-refractivity contribution in [2.75, 3.05) is 5.75 Å². The molecule has 2 amide bonds. The molecule has 2 aromatic rings. The number of halogens is 1. The molecule has 1 N–H and O–H groups in total. The number of nitrogens with zero attached hydrogens (tertiary/aromatic N) is 1. The lowest BCUT2D eigenvalue weighted by molar-refractivity contribution is -0.140. The molecule has 0 bridgehead atoms. The Hall–Kier alpha value is -1.98. The first-order valence-electron chi connectivity index (χ1n) is 9.82. The van der Waals surface area contributed by atoms with E-state index in [1.165, 1.54) is 5.56 Å². The second-order valence-corrected chi connectivity index (χ2v) is 8.82. The van der Waals surface area contributed by atoms with Gasteiger partial charge in [-0.05, 0) is 44.0 Å². The van der Waals surface area contributed by atoms with E-state index >= 15 is 0 Å². The molecule has 0 spiro atoms. The van der Waals surface area contributed by atoms with Crippen molar-refractivity contribution in [1.29, 1.82) is 0 Å². The molecular formula is C23H29ClN2O2S. The zero-order valence-electron chi connectivity index (χ0n) is 17.2. The number of carbonyl (C=O) groups is 2. The summed E-state index contributed by atoms with van der Waals surface area (Å²) in [5, 5.41) is 3.55. The minimum atomic E-state index is -0.542. The molecule has 0 aromatic heterocycles. The molecule has 2 aromatic carbocycles. The summed E-state index contributed by atoms with van der Waals surface area (Å²) in [4.78, 5) is 27.1. The van der Waals surface area contributed by atoms with Crippen molar-refractivity contribution in [2.45, 2.75) is 51.6 Å². The Bertz CT molecular complexity index is 781. The van der Waals surface area contributed by atoms with Gasteiger partial charge in [-0.2, -0.15) is 11.8 Å². The Labute approximate surface area is 183 Å². The van der Waals surface area contributed by atoms with Crippen LogP contribution in [0.5, 0.6) is 0 Å². The Balaban J connectivity index is 1.99. The molecule has 0 aliphatic rings. The smallest absolute Gasteiger partial charge is 0.242 e. The van der Waals surface area contributed by atoms with Crippen LogP contribution in [0.4, 0.5) is 0 Å². The third-order valence-corrected chi connectivity index (χ3v) is 5.72. The molecule has 0 aliphatic heterocycles. The molecule has 0 saturated heterocycles. The highest BCUT2D eigenvalue weighted by molar-refractivity contribution is 7.98. The number of nitrogens with one attached hydrogen (secondary N) is 1. The monoisotopic (exact) mass is 432 g/mol. The quantitative estimate of drug-likeness (QED) is 0.543. The van der Waals surface area contributed by atoms with Gasteiger partial charge < -0.3 is 10.2 Å². The van der Waals surface area contributed by atoms with Crippen molar-refractivity contribution in [2.24, 2.45) is 0 Å². The minimum absolute atomic E-state index is 0.0214. The van der Waals surface area contributed by atoms with Crippen molar-refractivity contribution >= 4 is 35.2 Å². The number of benzene rings is 2.